The van der Waals surface area contributed by atoms with Gasteiger partial charge in [-0.05, 0) is 29.2 Å². The largest absolute Gasteiger partial charge is 0.467 e. The Kier molecular flexibility index (Phi) is 3.91. The quantitative estimate of drug-likeness (QED) is 0.755. The van der Waals surface area contributed by atoms with Crippen molar-refractivity contribution in [2.24, 2.45) is 11.8 Å². The average Bonchev–Trinajstić information content (AvgIpc) is 3.03. The molecule has 1 saturated heterocycles. The fraction of sp³-hybridized carbons (Fsp3) is 0.417. The SMILES string of the molecule is COC(=O)[C@@H]1[C@H]2C3c4ccccc4C([C@H](C)OC)(c4ccccc43)[C@H]2C(=O)N1C. The molecule has 0 saturated carbocycles. The number of likely N-dealkylation sites (N-methyl/N-ethyl adjacent to an activating group) is 1. The van der Waals surface area contributed by atoms with Gasteiger partial charge in [0.05, 0.1) is 24.5 Å². The van der Waals surface area contributed by atoms with E-state index in [1.807, 2.05) is 31.2 Å². The Balaban J connectivity index is 1.90. The zero-order valence-electron chi connectivity index (χ0n) is 17.1. The highest BCUT2D eigenvalue weighted by Crippen LogP contribution is 2.66. The fourth-order valence-electron chi connectivity index (χ4n) is 6.50. The van der Waals surface area contributed by atoms with Crippen LogP contribution in [0, 0.1) is 11.8 Å². The number of carbonyl (C=O) groups is 2. The van der Waals surface area contributed by atoms with Gasteiger partial charge in [-0.3, -0.25) is 4.79 Å². The van der Waals surface area contributed by atoms with Gasteiger partial charge in [-0.1, -0.05) is 48.5 Å². The Hall–Kier alpha value is -2.66. The lowest BCUT2D eigenvalue weighted by molar-refractivity contribution is -0.149. The van der Waals surface area contributed by atoms with E-state index in [0.29, 0.717) is 0 Å². The zero-order chi connectivity index (χ0) is 20.5. The first-order valence-electron chi connectivity index (χ1n) is 10.1. The molecule has 3 aliphatic carbocycles. The van der Waals surface area contributed by atoms with Crippen LogP contribution in [0.2, 0.25) is 0 Å². The minimum atomic E-state index is -0.643. The van der Waals surface area contributed by atoms with Gasteiger partial charge in [-0.2, -0.15) is 0 Å². The van der Waals surface area contributed by atoms with Crippen LogP contribution in [0.4, 0.5) is 0 Å². The number of ether oxygens (including phenoxy) is 2. The predicted molar refractivity (Wildman–Crippen MR) is 108 cm³/mol. The Bertz CT molecular complexity index is 968. The number of benzene rings is 2. The summed E-state index contributed by atoms with van der Waals surface area (Å²) in [6.07, 6.45) is -0.243. The molecule has 6 rings (SSSR count). The number of esters is 1. The summed E-state index contributed by atoms with van der Waals surface area (Å²) in [7, 11) is 4.81. The molecule has 29 heavy (non-hydrogen) atoms. The van der Waals surface area contributed by atoms with Crippen molar-refractivity contribution in [3.63, 3.8) is 0 Å². The number of rotatable bonds is 3. The summed E-state index contributed by atoms with van der Waals surface area (Å²) in [6.45, 7) is 2.04. The summed E-state index contributed by atoms with van der Waals surface area (Å²) in [5.74, 6) is -0.959. The lowest BCUT2D eigenvalue weighted by Crippen LogP contribution is -2.59. The van der Waals surface area contributed by atoms with Gasteiger partial charge >= 0.3 is 5.97 Å². The molecule has 4 aliphatic rings. The van der Waals surface area contributed by atoms with Crippen molar-refractivity contribution in [1.82, 2.24) is 4.90 Å². The molecule has 0 unspecified atom stereocenters. The molecule has 5 heteroatoms. The van der Waals surface area contributed by atoms with Crippen molar-refractivity contribution in [3.8, 4) is 0 Å². The van der Waals surface area contributed by atoms with E-state index in [2.05, 4.69) is 24.3 Å². The lowest BCUT2D eigenvalue weighted by atomic mass is 9.45. The van der Waals surface area contributed by atoms with Crippen LogP contribution in [0.3, 0.4) is 0 Å². The van der Waals surface area contributed by atoms with Gasteiger partial charge in [-0.25, -0.2) is 4.79 Å². The molecule has 2 aromatic rings. The molecule has 1 aliphatic heterocycles. The predicted octanol–water partition coefficient (Wildman–Crippen LogP) is 2.71. The van der Waals surface area contributed by atoms with Crippen molar-refractivity contribution in [1.29, 1.82) is 0 Å². The third kappa shape index (κ3) is 1.99. The molecule has 1 heterocycles. The van der Waals surface area contributed by atoms with Crippen molar-refractivity contribution in [2.45, 2.75) is 30.4 Å². The number of carbonyl (C=O) groups excluding carboxylic acids is 2. The van der Waals surface area contributed by atoms with Crippen LogP contribution in [0.1, 0.15) is 35.1 Å². The molecule has 0 radical (unpaired) electrons. The van der Waals surface area contributed by atoms with Crippen molar-refractivity contribution >= 4 is 11.9 Å². The second kappa shape index (κ2) is 6.17. The van der Waals surface area contributed by atoms with E-state index in [1.165, 1.54) is 18.2 Å². The number of hydrogen-bond acceptors (Lipinski definition) is 4. The van der Waals surface area contributed by atoms with Crippen LogP contribution in [0.25, 0.3) is 0 Å². The van der Waals surface area contributed by atoms with Crippen LogP contribution in [-0.2, 0) is 24.5 Å². The molecule has 0 aromatic heterocycles. The average molecular weight is 391 g/mol. The highest BCUT2D eigenvalue weighted by atomic mass is 16.5. The van der Waals surface area contributed by atoms with Gasteiger partial charge in [0, 0.05) is 26.0 Å². The van der Waals surface area contributed by atoms with E-state index in [9.17, 15) is 9.59 Å². The highest BCUT2D eigenvalue weighted by Gasteiger charge is 2.70. The summed E-state index contributed by atoms with van der Waals surface area (Å²) >= 11 is 0. The monoisotopic (exact) mass is 391 g/mol. The van der Waals surface area contributed by atoms with Crippen LogP contribution in [-0.4, -0.2) is 50.2 Å². The maximum absolute atomic E-state index is 13.7. The summed E-state index contributed by atoms with van der Waals surface area (Å²) in [4.78, 5) is 28.1. The lowest BCUT2D eigenvalue weighted by Gasteiger charge is -2.57. The number of nitrogens with zero attached hydrogens (tertiary/aromatic N) is 1. The molecule has 4 atom stereocenters. The third-order valence-corrected chi connectivity index (χ3v) is 7.58. The first-order valence-corrected chi connectivity index (χ1v) is 10.1. The van der Waals surface area contributed by atoms with E-state index >= 15 is 0 Å². The molecular formula is C24H25NO4. The van der Waals surface area contributed by atoms with E-state index in [1.54, 1.807) is 19.1 Å². The Labute approximate surface area is 170 Å². The Morgan fingerprint density at radius 2 is 1.59 bits per heavy atom. The summed E-state index contributed by atoms with van der Waals surface area (Å²) in [5, 5.41) is 0. The van der Waals surface area contributed by atoms with Crippen LogP contribution < -0.4 is 0 Å². The number of amides is 1. The number of methoxy groups -OCH3 is 2. The molecular weight excluding hydrogens is 366 g/mol. The summed E-state index contributed by atoms with van der Waals surface area (Å²) < 4.78 is 11.1. The maximum Gasteiger partial charge on any atom is 0.328 e. The molecule has 5 nitrogen and oxygen atoms in total. The molecule has 2 aromatic carbocycles. The van der Waals surface area contributed by atoms with E-state index < -0.39 is 11.5 Å². The normalized spacial score (nSPS) is 32.4. The smallest absolute Gasteiger partial charge is 0.328 e. The maximum atomic E-state index is 13.7. The number of likely N-dealkylation sites (tertiary alicyclic amines) is 1. The van der Waals surface area contributed by atoms with Gasteiger partial charge in [0.15, 0.2) is 0 Å². The second-order valence-corrected chi connectivity index (χ2v) is 8.37. The van der Waals surface area contributed by atoms with Gasteiger partial charge in [-0.15, -0.1) is 0 Å². The topological polar surface area (TPSA) is 55.8 Å². The van der Waals surface area contributed by atoms with Gasteiger partial charge in [0.2, 0.25) is 5.91 Å². The van der Waals surface area contributed by atoms with Crippen molar-refractivity contribution in [2.75, 3.05) is 21.3 Å². The molecule has 150 valence electrons. The van der Waals surface area contributed by atoms with Gasteiger partial charge < -0.3 is 14.4 Å². The van der Waals surface area contributed by atoms with Crippen molar-refractivity contribution < 1.29 is 19.1 Å². The summed E-state index contributed by atoms with van der Waals surface area (Å²) in [5.41, 5.74) is 4.02. The molecule has 1 fully saturated rings. The van der Waals surface area contributed by atoms with Crippen molar-refractivity contribution in [3.05, 3.63) is 70.8 Å². The van der Waals surface area contributed by atoms with E-state index in [4.69, 9.17) is 9.47 Å². The summed E-state index contributed by atoms with van der Waals surface area (Å²) in [6, 6.07) is 16.1. The van der Waals surface area contributed by atoms with E-state index in [0.717, 1.165) is 11.1 Å². The highest BCUT2D eigenvalue weighted by molar-refractivity contribution is 5.94. The fourth-order valence-corrected chi connectivity index (χ4v) is 6.50. The van der Waals surface area contributed by atoms with Crippen LogP contribution in [0.15, 0.2) is 48.5 Å². The minimum absolute atomic E-state index is 0.0108. The third-order valence-electron chi connectivity index (χ3n) is 7.58. The van der Waals surface area contributed by atoms with Gasteiger partial charge in [0.25, 0.3) is 0 Å². The minimum Gasteiger partial charge on any atom is -0.467 e. The number of hydrogen-bond donors (Lipinski definition) is 0. The molecule has 0 N–H and O–H groups in total. The van der Waals surface area contributed by atoms with Crippen LogP contribution >= 0.6 is 0 Å². The molecule has 1 amide bonds. The Morgan fingerprint density at radius 1 is 1.03 bits per heavy atom. The first-order chi connectivity index (χ1) is 14.0. The first kappa shape index (κ1) is 18.4. The van der Waals surface area contributed by atoms with E-state index in [-0.39, 0.29) is 35.7 Å². The standard InChI is InChI=1S/C24H25NO4/c1-13(28-3)24-16-11-7-5-9-14(16)18(15-10-6-8-12-17(15)24)19-20(24)22(26)25(2)21(19)23(27)29-4/h5-13,18-21H,1-4H3/t13-,18?,19-,20+,21-,24?/m0/s1. The molecule has 2 bridgehead atoms. The zero-order valence-corrected chi connectivity index (χ0v) is 17.1. The molecule has 0 spiro atoms. The second-order valence-electron chi connectivity index (χ2n) is 8.37. The van der Waals surface area contributed by atoms with Gasteiger partial charge in [0.1, 0.15) is 6.04 Å². The Morgan fingerprint density at radius 3 is 2.10 bits per heavy atom. The van der Waals surface area contributed by atoms with Crippen LogP contribution in [0.5, 0.6) is 0 Å².